The molecule has 118 valence electrons. The monoisotopic (exact) mass is 290 g/mol. The Morgan fingerprint density at radius 2 is 1.38 bits per heavy atom. The van der Waals surface area contributed by atoms with Crippen molar-refractivity contribution in [1.82, 2.24) is 0 Å². The van der Waals surface area contributed by atoms with Gasteiger partial charge in [0.1, 0.15) is 0 Å². The topological polar surface area (TPSA) is 26.3 Å². The van der Waals surface area contributed by atoms with E-state index in [1.54, 1.807) is 0 Å². The molecule has 2 heteroatoms. The number of rotatable bonds is 12. The van der Waals surface area contributed by atoms with Crippen molar-refractivity contribution in [2.24, 2.45) is 0 Å². The van der Waals surface area contributed by atoms with Crippen LogP contribution in [0.25, 0.3) is 0 Å². The van der Waals surface area contributed by atoms with Crippen LogP contribution in [0, 0.1) is 0 Å². The summed E-state index contributed by atoms with van der Waals surface area (Å²) in [5.74, 6) is -0.0936. The Labute approximate surface area is 130 Å². The van der Waals surface area contributed by atoms with E-state index in [9.17, 15) is 4.79 Å². The maximum absolute atomic E-state index is 10.9. The number of unbranched alkanes of at least 4 members (excludes halogenated alkanes) is 5. The van der Waals surface area contributed by atoms with Crippen LogP contribution in [0.3, 0.4) is 0 Å². The number of hydrogen-bond donors (Lipinski definition) is 0. The molecule has 0 radical (unpaired) electrons. The molecule has 0 aromatic carbocycles. The van der Waals surface area contributed by atoms with Gasteiger partial charge in [0.25, 0.3) is 0 Å². The molecule has 0 amide bonds. The summed E-state index contributed by atoms with van der Waals surface area (Å²) in [6.07, 6.45) is 25.2. The molecule has 0 aliphatic rings. The Morgan fingerprint density at radius 1 is 0.810 bits per heavy atom. The van der Waals surface area contributed by atoms with Crippen LogP contribution in [0.1, 0.15) is 58.3 Å². The van der Waals surface area contributed by atoms with Crippen LogP contribution in [-0.2, 0) is 9.53 Å². The zero-order valence-electron chi connectivity index (χ0n) is 13.6. The SMILES string of the molecule is CC/C=C/C=C/C=C/C=C\CCCCCCCC(=O)OC. The molecule has 0 N–H and O–H groups in total. The fourth-order valence-electron chi connectivity index (χ4n) is 1.81. The highest BCUT2D eigenvalue weighted by atomic mass is 16.5. The molecule has 0 atom stereocenters. The van der Waals surface area contributed by atoms with Crippen LogP contribution in [0.5, 0.6) is 0 Å². The normalized spacial score (nSPS) is 12.3. The second kappa shape index (κ2) is 16.5. The van der Waals surface area contributed by atoms with E-state index in [0.29, 0.717) is 6.42 Å². The molecule has 0 aromatic rings. The molecular weight excluding hydrogens is 260 g/mol. The number of allylic oxidation sites excluding steroid dienone is 8. The predicted octanol–water partition coefficient (Wildman–Crippen LogP) is 5.52. The van der Waals surface area contributed by atoms with Gasteiger partial charge in [-0.3, -0.25) is 4.79 Å². The van der Waals surface area contributed by atoms with Crippen molar-refractivity contribution in [3.8, 4) is 0 Å². The van der Waals surface area contributed by atoms with E-state index in [2.05, 4.69) is 42.0 Å². The van der Waals surface area contributed by atoms with Gasteiger partial charge in [0.05, 0.1) is 7.11 Å². The standard InChI is InChI=1S/C19H30O2/c1-3-4-5-6-7-8-9-10-11-12-13-14-15-16-17-18-19(20)21-2/h4-11H,3,12-18H2,1-2H3/b5-4+,7-6+,9-8+,11-10-. The van der Waals surface area contributed by atoms with E-state index in [1.165, 1.54) is 26.4 Å². The third-order valence-corrected chi connectivity index (χ3v) is 3.04. The van der Waals surface area contributed by atoms with Crippen molar-refractivity contribution in [2.45, 2.75) is 58.3 Å². The van der Waals surface area contributed by atoms with Crippen LogP contribution < -0.4 is 0 Å². The number of hydrogen-bond acceptors (Lipinski definition) is 2. The highest BCUT2D eigenvalue weighted by molar-refractivity contribution is 5.68. The van der Waals surface area contributed by atoms with Gasteiger partial charge in [-0.15, -0.1) is 0 Å². The Balaban J connectivity index is 3.36. The van der Waals surface area contributed by atoms with E-state index < -0.39 is 0 Å². The fourth-order valence-corrected chi connectivity index (χ4v) is 1.81. The molecule has 0 spiro atoms. The zero-order chi connectivity index (χ0) is 15.6. The van der Waals surface area contributed by atoms with Gasteiger partial charge < -0.3 is 4.74 Å². The van der Waals surface area contributed by atoms with E-state index in [-0.39, 0.29) is 5.97 Å². The van der Waals surface area contributed by atoms with Crippen molar-refractivity contribution in [1.29, 1.82) is 0 Å². The van der Waals surface area contributed by atoms with Crippen LogP contribution in [-0.4, -0.2) is 13.1 Å². The summed E-state index contributed by atoms with van der Waals surface area (Å²) < 4.78 is 4.61. The van der Waals surface area contributed by atoms with Crippen molar-refractivity contribution in [3.05, 3.63) is 48.6 Å². The summed E-state index contributed by atoms with van der Waals surface area (Å²) >= 11 is 0. The Bertz CT molecular complexity index is 349. The minimum atomic E-state index is -0.0936. The highest BCUT2D eigenvalue weighted by Crippen LogP contribution is 2.08. The van der Waals surface area contributed by atoms with E-state index in [1.807, 2.05) is 18.2 Å². The third kappa shape index (κ3) is 16.4. The van der Waals surface area contributed by atoms with Gasteiger partial charge in [0, 0.05) is 6.42 Å². The summed E-state index contributed by atoms with van der Waals surface area (Å²) in [5.41, 5.74) is 0. The molecule has 0 unspecified atom stereocenters. The average molecular weight is 290 g/mol. The van der Waals surface area contributed by atoms with Gasteiger partial charge in [0.15, 0.2) is 0 Å². The Hall–Kier alpha value is -1.57. The van der Waals surface area contributed by atoms with Gasteiger partial charge in [-0.05, 0) is 25.7 Å². The van der Waals surface area contributed by atoms with Crippen molar-refractivity contribution < 1.29 is 9.53 Å². The van der Waals surface area contributed by atoms with Gasteiger partial charge >= 0.3 is 5.97 Å². The summed E-state index contributed by atoms with van der Waals surface area (Å²) in [6, 6.07) is 0. The van der Waals surface area contributed by atoms with Crippen molar-refractivity contribution in [2.75, 3.05) is 7.11 Å². The fraction of sp³-hybridized carbons (Fsp3) is 0.526. The number of carbonyl (C=O) groups excluding carboxylic acids is 1. The minimum absolute atomic E-state index is 0.0936. The average Bonchev–Trinajstić information content (AvgIpc) is 2.50. The van der Waals surface area contributed by atoms with Gasteiger partial charge in [-0.2, -0.15) is 0 Å². The first-order valence-electron chi connectivity index (χ1n) is 8.03. The Morgan fingerprint density at radius 3 is 2.05 bits per heavy atom. The minimum Gasteiger partial charge on any atom is -0.469 e. The van der Waals surface area contributed by atoms with Crippen LogP contribution in [0.4, 0.5) is 0 Å². The number of esters is 1. The lowest BCUT2D eigenvalue weighted by atomic mass is 10.1. The predicted molar refractivity (Wildman–Crippen MR) is 91.2 cm³/mol. The van der Waals surface area contributed by atoms with Gasteiger partial charge in [-0.1, -0.05) is 74.8 Å². The molecule has 0 rings (SSSR count). The number of methoxy groups -OCH3 is 1. The largest absolute Gasteiger partial charge is 0.469 e. The van der Waals surface area contributed by atoms with E-state index >= 15 is 0 Å². The molecule has 0 bridgehead atoms. The number of ether oxygens (including phenoxy) is 1. The van der Waals surface area contributed by atoms with Gasteiger partial charge in [0.2, 0.25) is 0 Å². The lowest BCUT2D eigenvalue weighted by Gasteiger charge is -1.99. The maximum atomic E-state index is 10.9. The van der Waals surface area contributed by atoms with E-state index in [4.69, 9.17) is 0 Å². The highest BCUT2D eigenvalue weighted by Gasteiger charge is 1.98. The second-order valence-corrected chi connectivity index (χ2v) is 4.92. The van der Waals surface area contributed by atoms with Crippen molar-refractivity contribution in [3.63, 3.8) is 0 Å². The first-order chi connectivity index (χ1) is 10.3. The number of carbonyl (C=O) groups is 1. The molecule has 0 saturated heterocycles. The van der Waals surface area contributed by atoms with Crippen LogP contribution >= 0.6 is 0 Å². The first-order valence-corrected chi connectivity index (χ1v) is 8.03. The van der Waals surface area contributed by atoms with Crippen LogP contribution in [0.2, 0.25) is 0 Å². The Kier molecular flexibility index (Phi) is 15.3. The first kappa shape index (κ1) is 19.4. The quantitative estimate of drug-likeness (QED) is 0.268. The summed E-state index contributed by atoms with van der Waals surface area (Å²) in [4.78, 5) is 10.9. The molecule has 2 nitrogen and oxygen atoms in total. The zero-order valence-corrected chi connectivity index (χ0v) is 13.6. The third-order valence-electron chi connectivity index (χ3n) is 3.04. The summed E-state index contributed by atoms with van der Waals surface area (Å²) in [7, 11) is 1.45. The smallest absolute Gasteiger partial charge is 0.305 e. The molecule has 0 fully saturated rings. The molecular formula is C19H30O2. The molecule has 0 aromatic heterocycles. The summed E-state index contributed by atoms with van der Waals surface area (Å²) in [6.45, 7) is 2.13. The molecule has 0 saturated carbocycles. The molecule has 0 aliphatic carbocycles. The van der Waals surface area contributed by atoms with Crippen molar-refractivity contribution >= 4 is 5.97 Å². The second-order valence-electron chi connectivity index (χ2n) is 4.92. The maximum Gasteiger partial charge on any atom is 0.305 e. The molecule has 21 heavy (non-hydrogen) atoms. The van der Waals surface area contributed by atoms with Crippen LogP contribution in [0.15, 0.2) is 48.6 Å². The van der Waals surface area contributed by atoms with E-state index in [0.717, 1.165) is 25.7 Å². The lowest BCUT2D eigenvalue weighted by Crippen LogP contribution is -1.98. The molecule has 0 aliphatic heterocycles. The lowest BCUT2D eigenvalue weighted by molar-refractivity contribution is -0.140. The van der Waals surface area contributed by atoms with Gasteiger partial charge in [-0.25, -0.2) is 0 Å². The summed E-state index contributed by atoms with van der Waals surface area (Å²) in [5, 5.41) is 0. The molecule has 0 heterocycles.